The number of nitrogens with one attached hydrogen (secondary N) is 1. The maximum absolute atomic E-state index is 5.84. The summed E-state index contributed by atoms with van der Waals surface area (Å²) in [5.74, 6) is 5.46. The first-order chi connectivity index (χ1) is 6.81. The van der Waals surface area contributed by atoms with E-state index in [-0.39, 0.29) is 6.04 Å². The van der Waals surface area contributed by atoms with E-state index in [1.807, 2.05) is 17.5 Å². The van der Waals surface area contributed by atoms with E-state index in [1.165, 1.54) is 22.9 Å². The van der Waals surface area contributed by atoms with E-state index in [2.05, 4.69) is 15.0 Å². The van der Waals surface area contributed by atoms with Crippen LogP contribution >= 0.6 is 34.5 Å². The molecule has 0 aliphatic heterocycles. The van der Waals surface area contributed by atoms with Crippen LogP contribution in [0.4, 0.5) is 0 Å². The predicted molar refractivity (Wildman–Crippen MR) is 58.4 cm³/mol. The third kappa shape index (κ3) is 1.94. The second kappa shape index (κ2) is 4.33. The van der Waals surface area contributed by atoms with E-state index in [0.29, 0.717) is 0 Å². The minimum absolute atomic E-state index is 0.119. The molecule has 0 aromatic carbocycles. The van der Waals surface area contributed by atoms with Crippen LogP contribution in [0.3, 0.4) is 0 Å². The van der Waals surface area contributed by atoms with Crippen LogP contribution in [0, 0.1) is 0 Å². The summed E-state index contributed by atoms with van der Waals surface area (Å²) in [6.45, 7) is 0. The molecule has 0 bridgehead atoms. The summed E-state index contributed by atoms with van der Waals surface area (Å²) in [6, 6.07) is 3.65. The van der Waals surface area contributed by atoms with Crippen molar-refractivity contribution in [2.75, 3.05) is 0 Å². The largest absolute Gasteiger partial charge is 0.270 e. The second-order valence-corrected chi connectivity index (χ2v) is 4.93. The van der Waals surface area contributed by atoms with Crippen molar-refractivity contribution in [1.82, 2.24) is 15.0 Å². The highest BCUT2D eigenvalue weighted by Gasteiger charge is 2.16. The van der Waals surface area contributed by atoms with Crippen molar-refractivity contribution < 1.29 is 0 Å². The molecule has 0 radical (unpaired) electrons. The SMILES string of the molecule is NNC(c1csnn1)c1ccc(Cl)s1. The van der Waals surface area contributed by atoms with Gasteiger partial charge in [0.1, 0.15) is 6.04 Å². The van der Waals surface area contributed by atoms with Gasteiger partial charge < -0.3 is 0 Å². The number of hydrogen-bond donors (Lipinski definition) is 2. The van der Waals surface area contributed by atoms with Crippen molar-refractivity contribution >= 4 is 34.5 Å². The molecule has 0 fully saturated rings. The van der Waals surface area contributed by atoms with Crippen molar-refractivity contribution in [3.05, 3.63) is 32.4 Å². The Kier molecular flexibility index (Phi) is 3.09. The Morgan fingerprint density at radius 1 is 1.50 bits per heavy atom. The van der Waals surface area contributed by atoms with Crippen molar-refractivity contribution in [2.24, 2.45) is 5.84 Å². The fraction of sp³-hybridized carbons (Fsp3) is 0.143. The summed E-state index contributed by atoms with van der Waals surface area (Å²) in [6.07, 6.45) is 0. The number of aromatic nitrogens is 2. The quantitative estimate of drug-likeness (QED) is 0.641. The summed E-state index contributed by atoms with van der Waals surface area (Å²) in [4.78, 5) is 1.03. The summed E-state index contributed by atoms with van der Waals surface area (Å²) in [7, 11) is 0. The molecule has 7 heteroatoms. The van der Waals surface area contributed by atoms with Crippen molar-refractivity contribution in [3.8, 4) is 0 Å². The van der Waals surface area contributed by atoms with Crippen LogP contribution in [0.5, 0.6) is 0 Å². The fourth-order valence-electron chi connectivity index (χ4n) is 1.09. The lowest BCUT2D eigenvalue weighted by molar-refractivity contribution is 0.628. The van der Waals surface area contributed by atoms with E-state index in [1.54, 1.807) is 0 Å². The Hall–Kier alpha value is -0.530. The van der Waals surface area contributed by atoms with Gasteiger partial charge in [-0.05, 0) is 23.7 Å². The fourth-order valence-corrected chi connectivity index (χ4v) is 2.71. The van der Waals surface area contributed by atoms with Gasteiger partial charge in [0.05, 0.1) is 10.0 Å². The number of rotatable bonds is 3. The van der Waals surface area contributed by atoms with Gasteiger partial charge in [0.15, 0.2) is 0 Å². The maximum atomic E-state index is 5.84. The Bertz CT molecular complexity index is 399. The Morgan fingerprint density at radius 3 is 2.86 bits per heavy atom. The van der Waals surface area contributed by atoms with Crippen molar-refractivity contribution in [2.45, 2.75) is 6.04 Å². The molecule has 0 amide bonds. The zero-order chi connectivity index (χ0) is 9.97. The highest BCUT2D eigenvalue weighted by molar-refractivity contribution is 7.16. The molecule has 3 N–H and O–H groups in total. The highest BCUT2D eigenvalue weighted by Crippen LogP contribution is 2.29. The van der Waals surface area contributed by atoms with Gasteiger partial charge in [-0.25, -0.2) is 5.43 Å². The molecule has 0 aliphatic carbocycles. The van der Waals surface area contributed by atoms with Crippen molar-refractivity contribution in [1.29, 1.82) is 0 Å². The van der Waals surface area contributed by atoms with Crippen LogP contribution in [0.15, 0.2) is 17.5 Å². The molecule has 0 aliphatic rings. The molecule has 1 unspecified atom stereocenters. The van der Waals surface area contributed by atoms with Crippen LogP contribution in [-0.2, 0) is 0 Å². The first-order valence-corrected chi connectivity index (χ1v) is 5.82. The van der Waals surface area contributed by atoms with Gasteiger partial charge in [0.25, 0.3) is 0 Å². The summed E-state index contributed by atoms with van der Waals surface area (Å²) in [5, 5.41) is 5.82. The van der Waals surface area contributed by atoms with Crippen LogP contribution in [0.1, 0.15) is 16.6 Å². The third-order valence-electron chi connectivity index (χ3n) is 1.72. The van der Waals surface area contributed by atoms with Gasteiger partial charge in [-0.3, -0.25) is 5.84 Å². The number of hydrazine groups is 1. The second-order valence-electron chi connectivity index (χ2n) is 2.57. The molecule has 74 valence electrons. The number of hydrogen-bond acceptors (Lipinski definition) is 6. The molecular weight excluding hydrogens is 240 g/mol. The van der Waals surface area contributed by atoms with E-state index < -0.39 is 0 Å². The lowest BCUT2D eigenvalue weighted by Crippen LogP contribution is -2.28. The zero-order valence-corrected chi connectivity index (χ0v) is 9.36. The molecule has 0 saturated heterocycles. The number of thiophene rings is 1. The van der Waals surface area contributed by atoms with Gasteiger partial charge in [-0.15, -0.1) is 16.4 Å². The number of nitrogens with zero attached hydrogens (tertiary/aromatic N) is 2. The molecule has 0 saturated carbocycles. The third-order valence-corrected chi connectivity index (χ3v) is 3.54. The van der Waals surface area contributed by atoms with Crippen molar-refractivity contribution in [3.63, 3.8) is 0 Å². The Balaban J connectivity index is 2.31. The first kappa shape index (κ1) is 10.0. The summed E-state index contributed by atoms with van der Waals surface area (Å²) in [5.41, 5.74) is 3.51. The molecule has 1 atom stereocenters. The molecule has 2 rings (SSSR count). The minimum atomic E-state index is -0.119. The monoisotopic (exact) mass is 246 g/mol. The molecule has 2 aromatic rings. The van der Waals surface area contributed by atoms with E-state index in [0.717, 1.165) is 14.9 Å². The summed E-state index contributed by atoms with van der Waals surface area (Å²) < 4.78 is 4.53. The smallest absolute Gasteiger partial charge is 0.100 e. The Labute approximate surface area is 93.8 Å². The molecular formula is C7H7ClN4S2. The topological polar surface area (TPSA) is 63.8 Å². The van der Waals surface area contributed by atoms with Crippen LogP contribution in [0.25, 0.3) is 0 Å². The minimum Gasteiger partial charge on any atom is -0.270 e. The maximum Gasteiger partial charge on any atom is 0.100 e. The van der Waals surface area contributed by atoms with Gasteiger partial charge in [0, 0.05) is 10.3 Å². The molecule has 2 aromatic heterocycles. The molecule has 4 nitrogen and oxygen atoms in total. The average molecular weight is 247 g/mol. The molecule has 14 heavy (non-hydrogen) atoms. The average Bonchev–Trinajstić information content (AvgIpc) is 2.79. The van der Waals surface area contributed by atoms with E-state index in [4.69, 9.17) is 17.4 Å². The first-order valence-electron chi connectivity index (χ1n) is 3.79. The predicted octanol–water partition coefficient (Wildman–Crippen LogP) is 1.81. The highest BCUT2D eigenvalue weighted by atomic mass is 35.5. The molecule has 2 heterocycles. The standard InChI is InChI=1S/C7H7ClN4S2/c8-6-2-1-5(14-6)7(10-9)4-3-13-12-11-4/h1-3,7,10H,9H2. The summed E-state index contributed by atoms with van der Waals surface area (Å²) >= 11 is 8.62. The lowest BCUT2D eigenvalue weighted by atomic mass is 10.2. The van der Waals surface area contributed by atoms with Gasteiger partial charge in [0.2, 0.25) is 0 Å². The van der Waals surface area contributed by atoms with E-state index in [9.17, 15) is 0 Å². The Morgan fingerprint density at radius 2 is 2.36 bits per heavy atom. The normalized spacial score (nSPS) is 13.0. The molecule has 0 spiro atoms. The van der Waals surface area contributed by atoms with Crippen LogP contribution in [0.2, 0.25) is 4.34 Å². The van der Waals surface area contributed by atoms with E-state index >= 15 is 0 Å². The number of nitrogens with two attached hydrogens (primary N) is 1. The van der Waals surface area contributed by atoms with Gasteiger partial charge in [-0.2, -0.15) is 0 Å². The van der Waals surface area contributed by atoms with Crippen LogP contribution in [-0.4, -0.2) is 9.59 Å². The van der Waals surface area contributed by atoms with Gasteiger partial charge >= 0.3 is 0 Å². The van der Waals surface area contributed by atoms with Crippen LogP contribution < -0.4 is 11.3 Å². The van der Waals surface area contributed by atoms with Gasteiger partial charge in [-0.1, -0.05) is 16.1 Å². The zero-order valence-electron chi connectivity index (χ0n) is 6.98. The number of halogens is 1. The lowest BCUT2D eigenvalue weighted by Gasteiger charge is -2.09.